The largest absolute Gasteiger partial charge is 0.364 e. The minimum Gasteiger partial charge on any atom is -0.364 e. The first-order valence-electron chi connectivity index (χ1n) is 5.35. The molecule has 1 atom stereocenters. The maximum atomic E-state index is 4.28. The van der Waals surface area contributed by atoms with E-state index < -0.39 is 0 Å². The van der Waals surface area contributed by atoms with Gasteiger partial charge in [0.05, 0.1) is 6.04 Å². The van der Waals surface area contributed by atoms with E-state index in [1.54, 1.807) is 12.4 Å². The summed E-state index contributed by atoms with van der Waals surface area (Å²) < 4.78 is 0. The van der Waals surface area contributed by atoms with Crippen LogP contribution in [0.5, 0.6) is 0 Å². The molecule has 0 saturated carbocycles. The molecule has 1 N–H and O–H groups in total. The summed E-state index contributed by atoms with van der Waals surface area (Å²) in [6.45, 7) is 4.17. The highest BCUT2D eigenvalue weighted by molar-refractivity contribution is 5.39. The third-order valence-electron chi connectivity index (χ3n) is 2.49. The van der Waals surface area contributed by atoms with Gasteiger partial charge >= 0.3 is 0 Å². The SMILES string of the molecule is Cc1ccnc(NC(C)c2ccncc2)c1. The molecule has 0 aliphatic heterocycles. The lowest BCUT2D eigenvalue weighted by Gasteiger charge is -2.14. The van der Waals surface area contributed by atoms with Crippen LogP contribution in [0.1, 0.15) is 24.1 Å². The summed E-state index contributed by atoms with van der Waals surface area (Å²) in [7, 11) is 0. The summed E-state index contributed by atoms with van der Waals surface area (Å²) >= 11 is 0. The fraction of sp³-hybridized carbons (Fsp3) is 0.231. The first-order chi connectivity index (χ1) is 7.75. The molecule has 3 heteroatoms. The lowest BCUT2D eigenvalue weighted by molar-refractivity contribution is 0.870. The van der Waals surface area contributed by atoms with E-state index in [9.17, 15) is 0 Å². The molecule has 2 aromatic heterocycles. The summed E-state index contributed by atoms with van der Waals surface area (Å²) in [5.41, 5.74) is 2.41. The second-order valence-electron chi connectivity index (χ2n) is 3.87. The molecule has 0 fully saturated rings. The zero-order valence-electron chi connectivity index (χ0n) is 9.51. The normalized spacial score (nSPS) is 12.1. The lowest BCUT2D eigenvalue weighted by atomic mass is 10.1. The van der Waals surface area contributed by atoms with Crippen LogP contribution in [0.2, 0.25) is 0 Å². The van der Waals surface area contributed by atoms with Crippen molar-refractivity contribution in [3.63, 3.8) is 0 Å². The summed E-state index contributed by atoms with van der Waals surface area (Å²) in [5, 5.41) is 3.36. The van der Waals surface area contributed by atoms with Crippen LogP contribution in [0.15, 0.2) is 42.9 Å². The van der Waals surface area contributed by atoms with Gasteiger partial charge in [0, 0.05) is 18.6 Å². The molecule has 0 radical (unpaired) electrons. The fourth-order valence-corrected chi connectivity index (χ4v) is 1.57. The van der Waals surface area contributed by atoms with Gasteiger partial charge in [0.2, 0.25) is 0 Å². The van der Waals surface area contributed by atoms with Crippen molar-refractivity contribution in [2.24, 2.45) is 0 Å². The highest BCUT2D eigenvalue weighted by atomic mass is 15.0. The second-order valence-corrected chi connectivity index (χ2v) is 3.87. The summed E-state index contributed by atoms with van der Waals surface area (Å²) in [6.07, 6.45) is 5.42. The molecule has 0 amide bonds. The van der Waals surface area contributed by atoms with E-state index in [-0.39, 0.29) is 6.04 Å². The number of nitrogens with one attached hydrogen (secondary N) is 1. The Morgan fingerprint density at radius 3 is 2.56 bits per heavy atom. The average molecular weight is 213 g/mol. The average Bonchev–Trinajstić information content (AvgIpc) is 2.30. The molecule has 0 bridgehead atoms. The Labute approximate surface area is 95.6 Å². The summed E-state index contributed by atoms with van der Waals surface area (Å²) in [4.78, 5) is 8.28. The van der Waals surface area contributed by atoms with Crippen molar-refractivity contribution in [3.05, 3.63) is 54.0 Å². The molecule has 0 aromatic carbocycles. The molecule has 0 spiro atoms. The van der Waals surface area contributed by atoms with E-state index in [0.29, 0.717) is 0 Å². The maximum absolute atomic E-state index is 4.28. The molecule has 3 nitrogen and oxygen atoms in total. The smallest absolute Gasteiger partial charge is 0.126 e. The fourth-order valence-electron chi connectivity index (χ4n) is 1.57. The zero-order valence-corrected chi connectivity index (χ0v) is 9.51. The minimum atomic E-state index is 0.234. The standard InChI is InChI=1S/C13H15N3/c1-10-3-8-15-13(9-10)16-11(2)12-4-6-14-7-5-12/h3-9,11H,1-2H3,(H,15,16). The molecule has 0 aliphatic rings. The lowest BCUT2D eigenvalue weighted by Crippen LogP contribution is -2.07. The quantitative estimate of drug-likeness (QED) is 0.851. The number of hydrogen-bond acceptors (Lipinski definition) is 3. The Morgan fingerprint density at radius 1 is 1.12 bits per heavy atom. The predicted octanol–water partition coefficient (Wildman–Crippen LogP) is 2.96. The zero-order chi connectivity index (χ0) is 11.4. The van der Waals surface area contributed by atoms with Crippen molar-refractivity contribution < 1.29 is 0 Å². The van der Waals surface area contributed by atoms with E-state index >= 15 is 0 Å². The van der Waals surface area contributed by atoms with Crippen LogP contribution in [0.4, 0.5) is 5.82 Å². The molecule has 0 saturated heterocycles. The number of rotatable bonds is 3. The van der Waals surface area contributed by atoms with Crippen molar-refractivity contribution in [3.8, 4) is 0 Å². The van der Waals surface area contributed by atoms with Crippen LogP contribution in [0.25, 0.3) is 0 Å². The Hall–Kier alpha value is -1.90. The van der Waals surface area contributed by atoms with Gasteiger partial charge in [-0.2, -0.15) is 0 Å². The van der Waals surface area contributed by atoms with Crippen molar-refractivity contribution in [1.82, 2.24) is 9.97 Å². The predicted molar refractivity (Wildman–Crippen MR) is 65.2 cm³/mol. The van der Waals surface area contributed by atoms with Crippen LogP contribution in [-0.4, -0.2) is 9.97 Å². The Kier molecular flexibility index (Phi) is 3.15. The molecular weight excluding hydrogens is 198 g/mol. The molecule has 1 unspecified atom stereocenters. The molecular formula is C13H15N3. The van der Waals surface area contributed by atoms with E-state index in [4.69, 9.17) is 0 Å². The summed E-state index contributed by atoms with van der Waals surface area (Å²) in [6, 6.07) is 8.28. The van der Waals surface area contributed by atoms with Gasteiger partial charge < -0.3 is 5.32 Å². The van der Waals surface area contributed by atoms with E-state index in [1.807, 2.05) is 30.5 Å². The molecule has 2 heterocycles. The van der Waals surface area contributed by atoms with E-state index in [2.05, 4.69) is 29.1 Å². The van der Waals surface area contributed by atoms with Gasteiger partial charge in [-0.1, -0.05) is 0 Å². The topological polar surface area (TPSA) is 37.8 Å². The Bertz CT molecular complexity index is 454. The summed E-state index contributed by atoms with van der Waals surface area (Å²) in [5.74, 6) is 0.907. The Morgan fingerprint density at radius 2 is 1.88 bits per heavy atom. The van der Waals surface area contributed by atoms with Crippen LogP contribution >= 0.6 is 0 Å². The number of hydrogen-bond donors (Lipinski definition) is 1. The number of pyridine rings is 2. The maximum Gasteiger partial charge on any atom is 0.126 e. The van der Waals surface area contributed by atoms with Gasteiger partial charge in [-0.3, -0.25) is 4.98 Å². The van der Waals surface area contributed by atoms with Gasteiger partial charge in [0.15, 0.2) is 0 Å². The Balaban J connectivity index is 2.11. The number of aromatic nitrogens is 2. The van der Waals surface area contributed by atoms with Crippen molar-refractivity contribution >= 4 is 5.82 Å². The first kappa shape index (κ1) is 10.6. The molecule has 2 aromatic rings. The third kappa shape index (κ3) is 2.57. The monoisotopic (exact) mass is 213 g/mol. The first-order valence-corrected chi connectivity index (χ1v) is 5.35. The van der Waals surface area contributed by atoms with E-state index in [1.165, 1.54) is 11.1 Å². The van der Waals surface area contributed by atoms with Crippen molar-refractivity contribution in [2.75, 3.05) is 5.32 Å². The molecule has 0 aliphatic carbocycles. The molecule has 2 rings (SSSR count). The van der Waals surface area contributed by atoms with E-state index in [0.717, 1.165) is 5.82 Å². The van der Waals surface area contributed by atoms with Crippen molar-refractivity contribution in [1.29, 1.82) is 0 Å². The molecule has 16 heavy (non-hydrogen) atoms. The van der Waals surface area contributed by atoms with Gasteiger partial charge in [-0.15, -0.1) is 0 Å². The highest BCUT2D eigenvalue weighted by Crippen LogP contribution is 2.17. The van der Waals surface area contributed by atoms with Crippen molar-refractivity contribution in [2.45, 2.75) is 19.9 Å². The molecule has 82 valence electrons. The van der Waals surface area contributed by atoms with Crippen LogP contribution in [0, 0.1) is 6.92 Å². The highest BCUT2D eigenvalue weighted by Gasteiger charge is 2.04. The number of anilines is 1. The minimum absolute atomic E-state index is 0.234. The number of nitrogens with zero attached hydrogens (tertiary/aromatic N) is 2. The van der Waals surface area contributed by atoms with Gasteiger partial charge in [0.25, 0.3) is 0 Å². The van der Waals surface area contributed by atoms with Crippen LogP contribution in [-0.2, 0) is 0 Å². The number of aryl methyl sites for hydroxylation is 1. The second kappa shape index (κ2) is 4.75. The van der Waals surface area contributed by atoms with Crippen LogP contribution < -0.4 is 5.32 Å². The van der Waals surface area contributed by atoms with Crippen LogP contribution in [0.3, 0.4) is 0 Å². The van der Waals surface area contributed by atoms with Gasteiger partial charge in [0.1, 0.15) is 5.82 Å². The van der Waals surface area contributed by atoms with Gasteiger partial charge in [-0.25, -0.2) is 4.98 Å². The third-order valence-corrected chi connectivity index (χ3v) is 2.49. The van der Waals surface area contributed by atoms with Gasteiger partial charge in [-0.05, 0) is 49.2 Å².